The second-order valence-electron chi connectivity index (χ2n) is 7.71. The lowest BCUT2D eigenvalue weighted by molar-refractivity contribution is 0.0860. The number of aliphatic hydroxyl groups is 1. The summed E-state index contributed by atoms with van der Waals surface area (Å²) in [7, 11) is 0. The fraction of sp³-hybridized carbons (Fsp3) is 0.778. The topological polar surface area (TPSA) is 67.2 Å². The van der Waals surface area contributed by atoms with Crippen LogP contribution in [0.3, 0.4) is 0 Å². The van der Waals surface area contributed by atoms with Gasteiger partial charge in [0.1, 0.15) is 0 Å². The van der Waals surface area contributed by atoms with E-state index in [1.54, 1.807) is 6.20 Å². The van der Waals surface area contributed by atoms with E-state index in [-0.39, 0.29) is 24.5 Å². The van der Waals surface area contributed by atoms with Gasteiger partial charge in [0, 0.05) is 24.3 Å². The maximum atomic E-state index is 12.7. The smallest absolute Gasteiger partial charge is 0.254 e. The molecule has 3 aliphatic carbocycles. The summed E-state index contributed by atoms with van der Waals surface area (Å²) in [5, 5.41) is 17.4. The van der Waals surface area contributed by atoms with Crippen molar-refractivity contribution in [1.29, 1.82) is 0 Å². The van der Waals surface area contributed by atoms with Gasteiger partial charge in [-0.1, -0.05) is 12.8 Å². The quantitative estimate of drug-likeness (QED) is 0.896. The fourth-order valence-corrected chi connectivity index (χ4v) is 5.29. The van der Waals surface area contributed by atoms with Crippen LogP contribution in [0.4, 0.5) is 0 Å². The summed E-state index contributed by atoms with van der Waals surface area (Å²) in [6.07, 6.45) is 10.1. The largest absolute Gasteiger partial charge is 0.396 e. The number of nitrogens with one attached hydrogen (secondary N) is 1. The summed E-state index contributed by atoms with van der Waals surface area (Å²) in [5.74, 6) is 1.37. The molecule has 1 aromatic rings. The number of hydrogen-bond donors (Lipinski definition) is 2. The third-order valence-electron chi connectivity index (χ3n) is 6.56. The van der Waals surface area contributed by atoms with E-state index < -0.39 is 0 Å². The van der Waals surface area contributed by atoms with Gasteiger partial charge in [-0.15, -0.1) is 0 Å². The Morgan fingerprint density at radius 3 is 2.78 bits per heavy atom. The van der Waals surface area contributed by atoms with Gasteiger partial charge >= 0.3 is 0 Å². The number of aromatic nitrogens is 2. The van der Waals surface area contributed by atoms with Crippen molar-refractivity contribution >= 4 is 5.91 Å². The van der Waals surface area contributed by atoms with Crippen molar-refractivity contribution in [2.45, 2.75) is 64.0 Å². The minimum Gasteiger partial charge on any atom is -0.396 e. The van der Waals surface area contributed by atoms with Crippen molar-refractivity contribution in [1.82, 2.24) is 15.1 Å². The van der Waals surface area contributed by atoms with Gasteiger partial charge in [-0.25, -0.2) is 0 Å². The lowest BCUT2D eigenvalue weighted by Crippen LogP contribution is -2.45. The summed E-state index contributed by atoms with van der Waals surface area (Å²) in [6.45, 7) is 2.19. The number of carbonyl (C=O) groups excluding carboxylic acids is 1. The van der Waals surface area contributed by atoms with E-state index in [4.69, 9.17) is 0 Å². The van der Waals surface area contributed by atoms with E-state index >= 15 is 0 Å². The van der Waals surface area contributed by atoms with Crippen LogP contribution in [0.5, 0.6) is 0 Å². The SMILES string of the molecule is Cc1c(C(=O)NC2C3CCC(C3)C2CO)cnn1C1CCCC1. The monoisotopic (exact) mass is 317 g/mol. The zero-order chi connectivity index (χ0) is 16.0. The lowest BCUT2D eigenvalue weighted by atomic mass is 9.85. The molecule has 0 aliphatic heterocycles. The Kier molecular flexibility index (Phi) is 3.92. The number of fused-ring (bicyclic) bond motifs is 2. The minimum absolute atomic E-state index is 0.0113. The Morgan fingerprint density at radius 1 is 1.30 bits per heavy atom. The molecule has 0 radical (unpaired) electrons. The molecule has 2 bridgehead atoms. The number of nitrogens with zero attached hydrogens (tertiary/aromatic N) is 2. The Labute approximate surface area is 137 Å². The summed E-state index contributed by atoms with van der Waals surface area (Å²) in [4.78, 5) is 12.7. The first-order valence-electron chi connectivity index (χ1n) is 9.15. The third kappa shape index (κ3) is 2.49. The molecule has 1 heterocycles. The molecular formula is C18H27N3O2. The number of amides is 1. The molecule has 0 saturated heterocycles. The van der Waals surface area contributed by atoms with Crippen molar-refractivity contribution in [2.24, 2.45) is 17.8 Å². The fourth-order valence-electron chi connectivity index (χ4n) is 5.29. The molecule has 0 spiro atoms. The Bertz CT molecular complexity index is 591. The molecular weight excluding hydrogens is 290 g/mol. The van der Waals surface area contributed by atoms with E-state index in [1.165, 1.54) is 38.5 Å². The van der Waals surface area contributed by atoms with E-state index in [1.807, 2.05) is 11.6 Å². The first-order chi connectivity index (χ1) is 11.2. The van der Waals surface area contributed by atoms with Crippen LogP contribution >= 0.6 is 0 Å². The van der Waals surface area contributed by atoms with Gasteiger partial charge in [-0.05, 0) is 50.9 Å². The minimum atomic E-state index is -0.0113. The standard InChI is InChI=1S/C18H27N3O2/c1-11-15(9-19-21(11)14-4-2-3-5-14)18(23)20-17-13-7-6-12(8-13)16(17)10-22/h9,12-14,16-17,22H,2-8,10H2,1H3,(H,20,23). The van der Waals surface area contributed by atoms with E-state index in [0.717, 1.165) is 12.1 Å². The average Bonchev–Trinajstić information content (AvgIpc) is 3.30. The van der Waals surface area contributed by atoms with Crippen LogP contribution in [0, 0.1) is 24.7 Å². The van der Waals surface area contributed by atoms with Gasteiger partial charge in [0.25, 0.3) is 5.91 Å². The van der Waals surface area contributed by atoms with Crippen LogP contribution in [0.25, 0.3) is 0 Å². The van der Waals surface area contributed by atoms with Crippen molar-refractivity contribution in [3.05, 3.63) is 17.5 Å². The molecule has 4 atom stereocenters. The van der Waals surface area contributed by atoms with E-state index in [0.29, 0.717) is 23.4 Å². The Morgan fingerprint density at radius 2 is 2.04 bits per heavy atom. The van der Waals surface area contributed by atoms with Crippen molar-refractivity contribution in [3.63, 3.8) is 0 Å². The van der Waals surface area contributed by atoms with Gasteiger partial charge in [0.15, 0.2) is 0 Å². The highest BCUT2D eigenvalue weighted by atomic mass is 16.3. The van der Waals surface area contributed by atoms with Crippen LogP contribution in [0.1, 0.15) is 67.0 Å². The molecule has 5 heteroatoms. The molecule has 0 aromatic carbocycles. The van der Waals surface area contributed by atoms with Crippen molar-refractivity contribution in [3.8, 4) is 0 Å². The van der Waals surface area contributed by atoms with Crippen LogP contribution in [-0.4, -0.2) is 33.4 Å². The normalized spacial score (nSPS) is 33.5. The van der Waals surface area contributed by atoms with Gasteiger partial charge in [-0.3, -0.25) is 9.48 Å². The maximum absolute atomic E-state index is 12.7. The van der Waals surface area contributed by atoms with Gasteiger partial charge < -0.3 is 10.4 Å². The molecule has 2 N–H and O–H groups in total. The first-order valence-corrected chi connectivity index (χ1v) is 9.15. The molecule has 4 rings (SSSR count). The predicted octanol–water partition coefficient (Wildman–Crippen LogP) is 2.44. The predicted molar refractivity (Wildman–Crippen MR) is 87.1 cm³/mol. The Hall–Kier alpha value is -1.36. The highest BCUT2D eigenvalue weighted by Crippen LogP contribution is 2.48. The molecule has 3 saturated carbocycles. The van der Waals surface area contributed by atoms with Gasteiger partial charge in [0.05, 0.1) is 17.8 Å². The second kappa shape index (κ2) is 5.93. The van der Waals surface area contributed by atoms with Crippen LogP contribution < -0.4 is 5.32 Å². The zero-order valence-electron chi connectivity index (χ0n) is 13.9. The maximum Gasteiger partial charge on any atom is 0.254 e. The molecule has 3 fully saturated rings. The molecule has 126 valence electrons. The average molecular weight is 317 g/mol. The molecule has 3 aliphatic rings. The van der Waals surface area contributed by atoms with E-state index in [2.05, 4.69) is 10.4 Å². The zero-order valence-corrected chi connectivity index (χ0v) is 13.9. The molecule has 5 nitrogen and oxygen atoms in total. The summed E-state index contributed by atoms with van der Waals surface area (Å²) >= 11 is 0. The van der Waals surface area contributed by atoms with Crippen LogP contribution in [0.15, 0.2) is 6.20 Å². The van der Waals surface area contributed by atoms with Crippen LogP contribution in [0.2, 0.25) is 0 Å². The van der Waals surface area contributed by atoms with Crippen molar-refractivity contribution in [2.75, 3.05) is 6.61 Å². The van der Waals surface area contributed by atoms with E-state index in [9.17, 15) is 9.90 Å². The highest BCUT2D eigenvalue weighted by molar-refractivity contribution is 5.95. The molecule has 1 amide bonds. The molecule has 1 aromatic heterocycles. The lowest BCUT2D eigenvalue weighted by Gasteiger charge is -2.30. The molecule has 4 unspecified atom stereocenters. The van der Waals surface area contributed by atoms with Crippen LogP contribution in [-0.2, 0) is 0 Å². The highest BCUT2D eigenvalue weighted by Gasteiger charge is 2.47. The first kappa shape index (κ1) is 15.2. The number of rotatable bonds is 4. The summed E-state index contributed by atoms with van der Waals surface area (Å²) in [6, 6.07) is 0.602. The summed E-state index contributed by atoms with van der Waals surface area (Å²) in [5.41, 5.74) is 1.69. The Balaban J connectivity index is 1.49. The number of hydrogen-bond acceptors (Lipinski definition) is 3. The van der Waals surface area contributed by atoms with Gasteiger partial charge in [-0.2, -0.15) is 5.10 Å². The third-order valence-corrected chi connectivity index (χ3v) is 6.56. The summed E-state index contributed by atoms with van der Waals surface area (Å²) < 4.78 is 2.05. The van der Waals surface area contributed by atoms with Crippen molar-refractivity contribution < 1.29 is 9.90 Å². The molecule has 23 heavy (non-hydrogen) atoms. The van der Waals surface area contributed by atoms with Gasteiger partial charge in [0.2, 0.25) is 0 Å². The number of aliphatic hydroxyl groups excluding tert-OH is 1. The number of carbonyl (C=O) groups is 1. The second-order valence-corrected chi connectivity index (χ2v) is 7.71.